The van der Waals surface area contributed by atoms with Crippen LogP contribution in [0.4, 0.5) is 8.78 Å². The Balaban J connectivity index is 1.07. The van der Waals surface area contributed by atoms with Crippen LogP contribution in [0, 0.1) is 5.82 Å². The summed E-state index contributed by atoms with van der Waals surface area (Å²) in [5.41, 5.74) is 5.04. The second-order valence-corrected chi connectivity index (χ2v) is 12.6. The second kappa shape index (κ2) is 10.8. The summed E-state index contributed by atoms with van der Waals surface area (Å²) in [6.07, 6.45) is 7.72. The summed E-state index contributed by atoms with van der Waals surface area (Å²) in [6.45, 7) is 4.05. The number of thiazole rings is 1. The summed E-state index contributed by atoms with van der Waals surface area (Å²) >= 11 is 1.52. The molecular weight excluding hydrogens is 528 g/mol. The highest BCUT2D eigenvalue weighted by Gasteiger charge is 2.31. The number of carbonyl (C=O) groups is 1. The molecule has 7 rings (SSSR count). The van der Waals surface area contributed by atoms with Gasteiger partial charge in [-0.3, -0.25) is 9.20 Å². The van der Waals surface area contributed by atoms with E-state index in [1.807, 2.05) is 28.8 Å². The predicted molar refractivity (Wildman–Crippen MR) is 155 cm³/mol. The number of imidazole rings is 1. The Morgan fingerprint density at radius 1 is 1.12 bits per heavy atom. The Kier molecular flexibility index (Phi) is 7.06. The maximum Gasteiger partial charge on any atom is 0.251 e. The highest BCUT2D eigenvalue weighted by Crippen LogP contribution is 2.47. The van der Waals surface area contributed by atoms with Gasteiger partial charge in [-0.05, 0) is 99.3 Å². The maximum absolute atomic E-state index is 15.6. The molecule has 0 bridgehead atoms. The average Bonchev–Trinajstić information content (AvgIpc) is 3.34. The first kappa shape index (κ1) is 26.0. The fourth-order valence-corrected chi connectivity index (χ4v) is 7.35. The van der Waals surface area contributed by atoms with Gasteiger partial charge < -0.3 is 15.5 Å². The van der Waals surface area contributed by atoms with E-state index in [4.69, 9.17) is 4.98 Å². The van der Waals surface area contributed by atoms with Crippen LogP contribution in [0.25, 0.3) is 26.4 Å². The SMILES string of the molecule is O=C(NCCCN1CCC(F)CC1)c1ccc2c(c1)sc1nc(-c3c(F)cc(C4CCCN4)cc3C3CC3)cn12. The molecule has 210 valence electrons. The Morgan fingerprint density at radius 2 is 1.98 bits per heavy atom. The van der Waals surface area contributed by atoms with Crippen molar-refractivity contribution >= 4 is 32.4 Å². The largest absolute Gasteiger partial charge is 0.352 e. The van der Waals surface area contributed by atoms with Crippen molar-refractivity contribution in [1.82, 2.24) is 24.9 Å². The number of hydrogen-bond acceptors (Lipinski definition) is 5. The van der Waals surface area contributed by atoms with E-state index in [-0.39, 0.29) is 17.8 Å². The lowest BCUT2D eigenvalue weighted by Crippen LogP contribution is -2.36. The molecule has 1 amide bonds. The molecule has 2 aromatic heterocycles. The maximum atomic E-state index is 15.6. The molecule has 0 radical (unpaired) electrons. The van der Waals surface area contributed by atoms with Crippen molar-refractivity contribution in [1.29, 1.82) is 0 Å². The molecule has 1 saturated carbocycles. The molecule has 2 aliphatic heterocycles. The first-order valence-corrected chi connectivity index (χ1v) is 15.5. The first-order valence-electron chi connectivity index (χ1n) is 14.7. The van der Waals surface area contributed by atoms with Gasteiger partial charge in [-0.15, -0.1) is 0 Å². The van der Waals surface area contributed by atoms with Crippen molar-refractivity contribution in [2.75, 3.05) is 32.7 Å². The van der Waals surface area contributed by atoms with Gasteiger partial charge in [0.2, 0.25) is 0 Å². The topological polar surface area (TPSA) is 61.7 Å². The normalized spacial score (nSPS) is 20.6. The van der Waals surface area contributed by atoms with Gasteiger partial charge in [0.05, 0.1) is 15.9 Å². The van der Waals surface area contributed by atoms with Gasteiger partial charge in [0, 0.05) is 43.0 Å². The van der Waals surface area contributed by atoms with Crippen LogP contribution in [0.15, 0.2) is 36.5 Å². The van der Waals surface area contributed by atoms with Crippen LogP contribution in [-0.4, -0.2) is 59.1 Å². The lowest BCUT2D eigenvalue weighted by Gasteiger charge is -2.28. The van der Waals surface area contributed by atoms with Gasteiger partial charge in [-0.1, -0.05) is 17.4 Å². The summed E-state index contributed by atoms with van der Waals surface area (Å²) in [6, 6.07) is 9.85. The Morgan fingerprint density at radius 3 is 2.75 bits per heavy atom. The number of alkyl halides is 1. The minimum absolute atomic E-state index is 0.0934. The molecule has 0 spiro atoms. The van der Waals surface area contributed by atoms with Gasteiger partial charge >= 0.3 is 0 Å². The van der Waals surface area contributed by atoms with Crippen molar-refractivity contribution in [3.05, 3.63) is 59.0 Å². The molecule has 6 nitrogen and oxygen atoms in total. The third kappa shape index (κ3) is 5.15. The van der Waals surface area contributed by atoms with Crippen molar-refractivity contribution < 1.29 is 13.6 Å². The third-order valence-corrected chi connectivity index (χ3v) is 9.71. The van der Waals surface area contributed by atoms with Gasteiger partial charge in [-0.25, -0.2) is 13.8 Å². The number of likely N-dealkylation sites (tertiary alicyclic amines) is 1. The molecule has 4 heterocycles. The fraction of sp³-hybridized carbons (Fsp3) is 0.484. The minimum atomic E-state index is -0.663. The molecule has 9 heteroatoms. The first-order chi connectivity index (χ1) is 19.5. The summed E-state index contributed by atoms with van der Waals surface area (Å²) in [5.74, 6) is 0.129. The van der Waals surface area contributed by atoms with E-state index in [2.05, 4.69) is 21.6 Å². The third-order valence-electron chi connectivity index (χ3n) is 8.69. The van der Waals surface area contributed by atoms with Gasteiger partial charge in [-0.2, -0.15) is 0 Å². The monoisotopic (exact) mass is 563 g/mol. The molecule has 2 aromatic carbocycles. The molecule has 2 N–H and O–H groups in total. The zero-order valence-corrected chi connectivity index (χ0v) is 23.4. The number of benzene rings is 2. The van der Waals surface area contributed by atoms with Crippen LogP contribution >= 0.6 is 11.3 Å². The number of carbonyl (C=O) groups excluding carboxylic acids is 1. The number of nitrogens with one attached hydrogen (secondary N) is 2. The molecule has 1 aliphatic carbocycles. The van der Waals surface area contributed by atoms with Crippen LogP contribution in [0.3, 0.4) is 0 Å². The number of fused-ring (bicyclic) bond motifs is 3. The lowest BCUT2D eigenvalue weighted by atomic mass is 9.94. The van der Waals surface area contributed by atoms with Crippen molar-refractivity contribution in [3.63, 3.8) is 0 Å². The van der Waals surface area contributed by atoms with E-state index >= 15 is 4.39 Å². The number of halogens is 2. The van der Waals surface area contributed by atoms with Crippen LogP contribution < -0.4 is 10.6 Å². The van der Waals surface area contributed by atoms with Gasteiger partial charge in [0.15, 0.2) is 4.96 Å². The van der Waals surface area contributed by atoms with E-state index in [9.17, 15) is 9.18 Å². The van der Waals surface area contributed by atoms with E-state index in [0.717, 1.165) is 84.6 Å². The molecular formula is C31H35F2N5OS. The number of hydrogen-bond donors (Lipinski definition) is 2. The standard InChI is InChI=1S/C31H35F2N5OS/c32-22-8-13-37(14-9-22)12-2-11-35-30(39)20-6-7-27-28(17-20)40-31-36-26(18-38(27)31)29-23(19-4-5-19)15-21(16-24(29)33)25-3-1-10-34-25/h6-7,15-19,22,25,34H,1-5,8-14H2,(H,35,39). The smallest absolute Gasteiger partial charge is 0.251 e. The number of nitrogens with zero attached hydrogens (tertiary/aromatic N) is 3. The quantitative estimate of drug-likeness (QED) is 0.250. The van der Waals surface area contributed by atoms with Crippen molar-refractivity contribution in [2.45, 2.75) is 63.1 Å². The molecule has 3 aliphatic rings. The summed E-state index contributed by atoms with van der Waals surface area (Å²) < 4.78 is 31.9. The van der Waals surface area contributed by atoms with Gasteiger partial charge in [0.25, 0.3) is 5.91 Å². The average molecular weight is 564 g/mol. The second-order valence-electron chi connectivity index (χ2n) is 11.6. The zero-order chi connectivity index (χ0) is 27.2. The van der Waals surface area contributed by atoms with Crippen LogP contribution in [0.2, 0.25) is 0 Å². The van der Waals surface area contributed by atoms with Crippen LogP contribution in [-0.2, 0) is 0 Å². The summed E-state index contributed by atoms with van der Waals surface area (Å²) in [7, 11) is 0. The number of amides is 1. The summed E-state index contributed by atoms with van der Waals surface area (Å²) in [4.78, 5) is 20.7. The number of piperidine rings is 1. The number of aromatic nitrogens is 2. The van der Waals surface area contributed by atoms with Crippen LogP contribution in [0.1, 0.15) is 78.4 Å². The Labute approximate surface area is 236 Å². The Bertz CT molecular complexity index is 1550. The molecule has 2 saturated heterocycles. The molecule has 1 unspecified atom stereocenters. The zero-order valence-electron chi connectivity index (χ0n) is 22.6. The van der Waals surface area contributed by atoms with E-state index in [0.29, 0.717) is 42.1 Å². The Hall–Kier alpha value is -2.88. The molecule has 1 atom stereocenters. The van der Waals surface area contributed by atoms with E-state index < -0.39 is 6.17 Å². The lowest BCUT2D eigenvalue weighted by molar-refractivity contribution is 0.0950. The van der Waals surface area contributed by atoms with Crippen molar-refractivity contribution in [3.8, 4) is 11.3 Å². The molecule has 4 aromatic rings. The highest BCUT2D eigenvalue weighted by atomic mass is 32.1. The van der Waals surface area contributed by atoms with Crippen LogP contribution in [0.5, 0.6) is 0 Å². The van der Waals surface area contributed by atoms with Gasteiger partial charge in [0.1, 0.15) is 12.0 Å². The minimum Gasteiger partial charge on any atom is -0.352 e. The summed E-state index contributed by atoms with van der Waals surface area (Å²) in [5, 5.41) is 6.52. The van der Waals surface area contributed by atoms with E-state index in [1.54, 1.807) is 6.07 Å². The number of rotatable bonds is 8. The predicted octanol–water partition coefficient (Wildman–Crippen LogP) is 6.21. The molecule has 40 heavy (non-hydrogen) atoms. The van der Waals surface area contributed by atoms with Crippen molar-refractivity contribution in [2.24, 2.45) is 0 Å². The molecule has 3 fully saturated rings. The highest BCUT2D eigenvalue weighted by molar-refractivity contribution is 7.23. The fourth-order valence-electron chi connectivity index (χ4n) is 6.30. The van der Waals surface area contributed by atoms with E-state index in [1.165, 1.54) is 11.3 Å².